The van der Waals surface area contributed by atoms with Crippen molar-refractivity contribution in [1.82, 2.24) is 4.90 Å². The molecule has 1 fully saturated rings. The fraction of sp³-hybridized carbons (Fsp3) is 0.421. The highest BCUT2D eigenvalue weighted by molar-refractivity contribution is 8.26. The number of unbranched alkanes of at least 4 members (excludes halogenated alkanes) is 1. The molecule has 0 spiro atoms. The molecule has 1 heterocycles. The zero-order valence-corrected chi connectivity index (χ0v) is 16.3. The summed E-state index contributed by atoms with van der Waals surface area (Å²) in [6.45, 7) is 4.84. The quantitative estimate of drug-likeness (QED) is 0.294. The summed E-state index contributed by atoms with van der Waals surface area (Å²) in [5, 5.41) is 0. The summed E-state index contributed by atoms with van der Waals surface area (Å²) >= 11 is 6.56. The second-order valence-electron chi connectivity index (χ2n) is 5.75. The third-order valence-electron chi connectivity index (χ3n) is 3.86. The molecule has 1 aromatic carbocycles. The van der Waals surface area contributed by atoms with Gasteiger partial charge in [0.1, 0.15) is 4.32 Å². The molecule has 0 N–H and O–H groups in total. The average molecular weight is 378 g/mol. The number of nitrogens with zero attached hydrogens (tertiary/aromatic N) is 1. The molecule has 1 aliphatic heterocycles. The van der Waals surface area contributed by atoms with Gasteiger partial charge in [-0.05, 0) is 30.0 Å². The molecular weight excluding hydrogens is 354 g/mol. The molecule has 2 rings (SSSR count). The van der Waals surface area contributed by atoms with Crippen molar-refractivity contribution in [3.63, 3.8) is 0 Å². The number of amides is 1. The van der Waals surface area contributed by atoms with E-state index in [1.54, 1.807) is 0 Å². The van der Waals surface area contributed by atoms with Crippen LogP contribution in [0.3, 0.4) is 0 Å². The Bertz CT molecular complexity index is 668. The summed E-state index contributed by atoms with van der Waals surface area (Å²) in [6.07, 6.45) is 4.82. The van der Waals surface area contributed by atoms with Crippen LogP contribution in [0.1, 0.15) is 44.2 Å². The van der Waals surface area contributed by atoms with Gasteiger partial charge in [0.25, 0.3) is 5.91 Å². The zero-order valence-electron chi connectivity index (χ0n) is 14.6. The fourth-order valence-electron chi connectivity index (χ4n) is 2.30. The SMILES string of the molecule is CCCCOC(=O)CCN1C(=O)C(=Cc2ccc(CC)cc2)SC1=S. The Labute approximate surface area is 158 Å². The van der Waals surface area contributed by atoms with E-state index in [-0.39, 0.29) is 24.8 Å². The maximum atomic E-state index is 12.5. The van der Waals surface area contributed by atoms with Gasteiger partial charge < -0.3 is 4.74 Å². The highest BCUT2D eigenvalue weighted by Gasteiger charge is 2.32. The van der Waals surface area contributed by atoms with Gasteiger partial charge in [0.05, 0.1) is 17.9 Å². The van der Waals surface area contributed by atoms with Crippen molar-refractivity contribution in [2.24, 2.45) is 0 Å². The molecule has 0 saturated carbocycles. The van der Waals surface area contributed by atoms with Gasteiger partial charge in [-0.15, -0.1) is 0 Å². The second kappa shape index (κ2) is 9.73. The van der Waals surface area contributed by atoms with E-state index in [4.69, 9.17) is 17.0 Å². The van der Waals surface area contributed by atoms with E-state index in [2.05, 4.69) is 19.1 Å². The fourth-order valence-corrected chi connectivity index (χ4v) is 3.61. The summed E-state index contributed by atoms with van der Waals surface area (Å²) in [4.78, 5) is 26.3. The van der Waals surface area contributed by atoms with Crippen molar-refractivity contribution < 1.29 is 14.3 Å². The lowest BCUT2D eigenvalue weighted by Crippen LogP contribution is -2.30. The summed E-state index contributed by atoms with van der Waals surface area (Å²) in [5.41, 5.74) is 2.22. The van der Waals surface area contributed by atoms with Gasteiger partial charge in [-0.3, -0.25) is 14.5 Å². The largest absolute Gasteiger partial charge is 0.466 e. The maximum Gasteiger partial charge on any atom is 0.307 e. The third-order valence-corrected chi connectivity index (χ3v) is 5.24. The molecule has 0 unspecified atom stereocenters. The predicted molar refractivity (Wildman–Crippen MR) is 106 cm³/mol. The van der Waals surface area contributed by atoms with Gasteiger partial charge in [-0.25, -0.2) is 0 Å². The first-order chi connectivity index (χ1) is 12.0. The van der Waals surface area contributed by atoms with Crippen molar-refractivity contribution >= 4 is 46.3 Å². The number of ether oxygens (including phenoxy) is 1. The first-order valence-corrected chi connectivity index (χ1v) is 9.77. The van der Waals surface area contributed by atoms with Crippen molar-refractivity contribution in [1.29, 1.82) is 0 Å². The predicted octanol–water partition coefficient (Wildman–Crippen LogP) is 4.18. The molecular formula is C19H23NO3S2. The molecule has 0 aromatic heterocycles. The third kappa shape index (κ3) is 5.68. The van der Waals surface area contributed by atoms with Crippen LogP contribution in [-0.2, 0) is 20.7 Å². The molecule has 0 aliphatic carbocycles. The first kappa shape index (κ1) is 19.7. The van der Waals surface area contributed by atoms with E-state index in [9.17, 15) is 9.59 Å². The molecule has 0 bridgehead atoms. The summed E-state index contributed by atoms with van der Waals surface area (Å²) in [7, 11) is 0. The van der Waals surface area contributed by atoms with E-state index in [0.29, 0.717) is 15.8 Å². The molecule has 134 valence electrons. The minimum Gasteiger partial charge on any atom is -0.466 e. The van der Waals surface area contributed by atoms with Gasteiger partial charge in [-0.2, -0.15) is 0 Å². The van der Waals surface area contributed by atoms with Crippen LogP contribution in [0.15, 0.2) is 29.2 Å². The van der Waals surface area contributed by atoms with Crippen LogP contribution < -0.4 is 0 Å². The van der Waals surface area contributed by atoms with E-state index < -0.39 is 0 Å². The summed E-state index contributed by atoms with van der Waals surface area (Å²) < 4.78 is 5.60. The molecule has 1 saturated heterocycles. The smallest absolute Gasteiger partial charge is 0.307 e. The average Bonchev–Trinajstić information content (AvgIpc) is 2.87. The van der Waals surface area contributed by atoms with Crippen LogP contribution in [-0.4, -0.2) is 34.2 Å². The number of rotatable bonds is 8. The first-order valence-electron chi connectivity index (χ1n) is 8.55. The Morgan fingerprint density at radius 1 is 1.28 bits per heavy atom. The molecule has 1 aliphatic rings. The number of carbonyl (C=O) groups excluding carboxylic acids is 2. The second-order valence-corrected chi connectivity index (χ2v) is 7.43. The van der Waals surface area contributed by atoms with E-state index in [1.807, 2.05) is 25.1 Å². The number of esters is 1. The lowest BCUT2D eigenvalue weighted by molar-refractivity contribution is -0.144. The minimum absolute atomic E-state index is 0.143. The monoisotopic (exact) mass is 377 g/mol. The molecule has 6 heteroatoms. The Morgan fingerprint density at radius 2 is 2.00 bits per heavy atom. The van der Waals surface area contributed by atoms with Crippen LogP contribution in [0, 0.1) is 0 Å². The Kier molecular flexibility index (Phi) is 7.65. The van der Waals surface area contributed by atoms with E-state index in [1.165, 1.54) is 22.2 Å². The molecule has 0 radical (unpaired) electrons. The van der Waals surface area contributed by atoms with Gasteiger partial charge in [0.15, 0.2) is 0 Å². The number of hydrogen-bond donors (Lipinski definition) is 0. The normalized spacial score (nSPS) is 15.9. The van der Waals surface area contributed by atoms with Crippen molar-refractivity contribution in [3.8, 4) is 0 Å². The zero-order chi connectivity index (χ0) is 18.2. The summed E-state index contributed by atoms with van der Waals surface area (Å²) in [5.74, 6) is -0.433. The van der Waals surface area contributed by atoms with Crippen molar-refractivity contribution in [2.75, 3.05) is 13.2 Å². The van der Waals surface area contributed by atoms with Crippen molar-refractivity contribution in [2.45, 2.75) is 39.5 Å². The van der Waals surface area contributed by atoms with Crippen LogP contribution in [0.2, 0.25) is 0 Å². The lowest BCUT2D eigenvalue weighted by atomic mass is 10.1. The molecule has 1 amide bonds. The number of carbonyl (C=O) groups is 2. The van der Waals surface area contributed by atoms with E-state index >= 15 is 0 Å². The number of thioether (sulfide) groups is 1. The lowest BCUT2D eigenvalue weighted by Gasteiger charge is -2.13. The topological polar surface area (TPSA) is 46.6 Å². The maximum absolute atomic E-state index is 12.5. The molecule has 25 heavy (non-hydrogen) atoms. The Hall–Kier alpha value is -1.66. The molecule has 4 nitrogen and oxygen atoms in total. The van der Waals surface area contributed by atoms with Crippen molar-refractivity contribution in [3.05, 3.63) is 40.3 Å². The number of benzene rings is 1. The highest BCUT2D eigenvalue weighted by atomic mass is 32.2. The summed E-state index contributed by atoms with van der Waals surface area (Å²) in [6, 6.07) is 8.10. The standard InChI is InChI=1S/C19H23NO3S2/c1-3-5-12-23-17(21)10-11-20-18(22)16(25-19(20)24)13-15-8-6-14(4-2)7-9-15/h6-9,13H,3-5,10-12H2,1-2H3. The van der Waals surface area contributed by atoms with Gasteiger partial charge in [0.2, 0.25) is 0 Å². The highest BCUT2D eigenvalue weighted by Crippen LogP contribution is 2.32. The number of hydrogen-bond acceptors (Lipinski definition) is 5. The number of thiocarbonyl (C=S) groups is 1. The van der Waals surface area contributed by atoms with Crippen LogP contribution in [0.5, 0.6) is 0 Å². The van der Waals surface area contributed by atoms with Gasteiger partial charge >= 0.3 is 5.97 Å². The Balaban J connectivity index is 1.94. The number of aryl methyl sites for hydroxylation is 1. The molecule has 1 aromatic rings. The van der Waals surface area contributed by atoms with Crippen LogP contribution in [0.25, 0.3) is 6.08 Å². The Morgan fingerprint density at radius 3 is 2.64 bits per heavy atom. The van der Waals surface area contributed by atoms with Crippen LogP contribution >= 0.6 is 24.0 Å². The van der Waals surface area contributed by atoms with Gasteiger partial charge in [-0.1, -0.05) is 68.5 Å². The van der Waals surface area contributed by atoms with Gasteiger partial charge in [0, 0.05) is 6.54 Å². The minimum atomic E-state index is -0.290. The van der Waals surface area contributed by atoms with Crippen LogP contribution in [0.4, 0.5) is 0 Å². The van der Waals surface area contributed by atoms with E-state index in [0.717, 1.165) is 24.8 Å². The molecule has 0 atom stereocenters.